The third kappa shape index (κ3) is 3.92. The van der Waals surface area contributed by atoms with E-state index in [-0.39, 0.29) is 5.91 Å². The van der Waals surface area contributed by atoms with Gasteiger partial charge in [0.05, 0.1) is 6.61 Å². The van der Waals surface area contributed by atoms with Crippen molar-refractivity contribution in [2.45, 2.75) is 32.7 Å². The van der Waals surface area contributed by atoms with Gasteiger partial charge in [0.25, 0.3) is 0 Å². The molecule has 5 heteroatoms. The Bertz CT molecular complexity index is 666. The molecule has 0 saturated carbocycles. The molecule has 2 aromatic rings. The molecule has 1 unspecified atom stereocenters. The largest absolute Gasteiger partial charge is 0.493 e. The van der Waals surface area contributed by atoms with Crippen LogP contribution in [-0.4, -0.2) is 28.6 Å². The maximum atomic E-state index is 12.0. The summed E-state index contributed by atoms with van der Waals surface area (Å²) in [5, 5.41) is 3.03. The van der Waals surface area contributed by atoms with Gasteiger partial charge in [-0.3, -0.25) is 4.79 Å². The smallest absolute Gasteiger partial charge is 0.221 e. The molecule has 1 atom stereocenters. The zero-order valence-corrected chi connectivity index (χ0v) is 13.5. The Kier molecular flexibility index (Phi) is 4.95. The molecule has 122 valence electrons. The van der Waals surface area contributed by atoms with Crippen LogP contribution in [0.1, 0.15) is 24.7 Å². The molecule has 0 aliphatic carbocycles. The lowest BCUT2D eigenvalue weighted by molar-refractivity contribution is -0.121. The Hall–Kier alpha value is -2.30. The molecule has 5 nitrogen and oxygen atoms in total. The average molecular weight is 313 g/mol. The minimum Gasteiger partial charge on any atom is -0.493 e. The lowest BCUT2D eigenvalue weighted by Gasteiger charge is -2.25. The van der Waals surface area contributed by atoms with Gasteiger partial charge in [-0.05, 0) is 18.1 Å². The van der Waals surface area contributed by atoms with Crippen LogP contribution < -0.4 is 10.1 Å². The predicted octanol–water partition coefficient (Wildman–Crippen LogP) is 2.20. The van der Waals surface area contributed by atoms with Crippen LogP contribution in [0.5, 0.6) is 5.75 Å². The average Bonchev–Trinajstić information content (AvgIpc) is 3.05. The van der Waals surface area contributed by atoms with Crippen LogP contribution in [0.2, 0.25) is 0 Å². The third-order valence-electron chi connectivity index (χ3n) is 4.24. The molecule has 0 spiro atoms. The summed E-state index contributed by atoms with van der Waals surface area (Å²) >= 11 is 0. The molecule has 0 bridgehead atoms. The maximum Gasteiger partial charge on any atom is 0.221 e. The van der Waals surface area contributed by atoms with Crippen LogP contribution in [0.25, 0.3) is 0 Å². The topological polar surface area (TPSA) is 56.2 Å². The number of fused-ring (bicyclic) bond motifs is 1. The zero-order chi connectivity index (χ0) is 16.1. The van der Waals surface area contributed by atoms with Gasteiger partial charge in [0, 0.05) is 44.2 Å². The van der Waals surface area contributed by atoms with Gasteiger partial charge in [0.1, 0.15) is 11.6 Å². The van der Waals surface area contributed by atoms with Crippen molar-refractivity contribution in [1.29, 1.82) is 0 Å². The fourth-order valence-electron chi connectivity index (χ4n) is 2.95. The summed E-state index contributed by atoms with van der Waals surface area (Å²) in [5.41, 5.74) is 1.23. The summed E-state index contributed by atoms with van der Waals surface area (Å²) in [6.45, 7) is 4.08. The fraction of sp³-hybridized carbons (Fsp3) is 0.444. The van der Waals surface area contributed by atoms with Crippen molar-refractivity contribution in [3.8, 4) is 5.75 Å². The summed E-state index contributed by atoms with van der Waals surface area (Å²) in [6.07, 6.45) is 6.03. The Labute approximate surface area is 136 Å². The monoisotopic (exact) mass is 313 g/mol. The first-order valence-corrected chi connectivity index (χ1v) is 8.23. The first kappa shape index (κ1) is 15.6. The molecule has 1 N–H and O–H groups in total. The quantitative estimate of drug-likeness (QED) is 0.889. The summed E-state index contributed by atoms with van der Waals surface area (Å²) in [4.78, 5) is 16.3. The van der Waals surface area contributed by atoms with Crippen LogP contribution in [0.15, 0.2) is 36.7 Å². The normalized spacial score (nSPS) is 16.5. The second kappa shape index (κ2) is 7.31. The number of hydrogen-bond donors (Lipinski definition) is 1. The molecule has 1 aliphatic heterocycles. The first-order chi connectivity index (χ1) is 11.3. The Morgan fingerprint density at radius 1 is 1.43 bits per heavy atom. The first-order valence-electron chi connectivity index (χ1n) is 8.23. The molecule has 2 heterocycles. The molecule has 3 rings (SSSR count). The number of nitrogens with one attached hydrogen (secondary N) is 1. The lowest BCUT2D eigenvalue weighted by Crippen LogP contribution is -2.35. The predicted molar refractivity (Wildman–Crippen MR) is 88.4 cm³/mol. The number of ether oxygens (including phenoxy) is 1. The number of amides is 1. The molecule has 1 aromatic carbocycles. The number of hydrogen-bond acceptors (Lipinski definition) is 3. The Balaban J connectivity index is 1.43. The highest BCUT2D eigenvalue weighted by Gasteiger charge is 2.19. The van der Waals surface area contributed by atoms with E-state index in [0.29, 0.717) is 32.0 Å². The van der Waals surface area contributed by atoms with Crippen LogP contribution in [0.4, 0.5) is 0 Å². The van der Waals surface area contributed by atoms with Gasteiger partial charge in [-0.25, -0.2) is 4.98 Å². The van der Waals surface area contributed by atoms with Crippen molar-refractivity contribution in [3.05, 3.63) is 48.0 Å². The van der Waals surface area contributed by atoms with Gasteiger partial charge in [0.2, 0.25) is 5.91 Å². The van der Waals surface area contributed by atoms with Crippen LogP contribution >= 0.6 is 0 Å². The Morgan fingerprint density at radius 3 is 3.17 bits per heavy atom. The van der Waals surface area contributed by atoms with E-state index in [1.165, 1.54) is 5.56 Å². The second-order valence-corrected chi connectivity index (χ2v) is 5.93. The summed E-state index contributed by atoms with van der Waals surface area (Å²) in [7, 11) is 0. The van der Waals surface area contributed by atoms with Crippen LogP contribution in [0.3, 0.4) is 0 Å². The minimum atomic E-state index is 0.0830. The summed E-state index contributed by atoms with van der Waals surface area (Å²) < 4.78 is 7.80. The minimum absolute atomic E-state index is 0.0830. The zero-order valence-electron chi connectivity index (χ0n) is 13.5. The Morgan fingerprint density at radius 2 is 2.30 bits per heavy atom. The molecule has 1 aliphatic rings. The number of benzene rings is 1. The maximum absolute atomic E-state index is 12.0. The summed E-state index contributed by atoms with van der Waals surface area (Å²) in [6, 6.07) is 8.11. The highest BCUT2D eigenvalue weighted by molar-refractivity contribution is 5.75. The molecule has 23 heavy (non-hydrogen) atoms. The summed E-state index contributed by atoms with van der Waals surface area (Å²) in [5.74, 6) is 2.42. The van der Waals surface area contributed by atoms with E-state index in [1.807, 2.05) is 29.0 Å². The molecular formula is C18H23N3O2. The number of rotatable bonds is 6. The lowest BCUT2D eigenvalue weighted by atomic mass is 9.97. The molecule has 0 saturated heterocycles. The number of aromatic nitrogens is 2. The van der Waals surface area contributed by atoms with Gasteiger partial charge >= 0.3 is 0 Å². The standard InChI is InChI=1S/C18H23N3O2/c1-2-17-19-8-10-21(17)9-7-18(22)20-12-14-11-15-5-3-4-6-16(15)23-13-14/h3-6,8,10,14H,2,7,9,11-13H2,1H3,(H,20,22). The van der Waals surface area contributed by atoms with Crippen LogP contribution in [0, 0.1) is 5.92 Å². The number of carbonyl (C=O) groups is 1. The van der Waals surface area contributed by atoms with Crippen molar-refractivity contribution >= 4 is 5.91 Å². The molecule has 1 aromatic heterocycles. The number of carbonyl (C=O) groups excluding carboxylic acids is 1. The van der Waals surface area contributed by atoms with Crippen molar-refractivity contribution in [1.82, 2.24) is 14.9 Å². The van der Waals surface area contributed by atoms with Gasteiger partial charge in [-0.15, -0.1) is 0 Å². The fourth-order valence-corrected chi connectivity index (χ4v) is 2.95. The number of para-hydroxylation sites is 1. The molecule has 1 amide bonds. The van der Waals surface area contributed by atoms with Crippen molar-refractivity contribution in [3.63, 3.8) is 0 Å². The number of nitrogens with zero attached hydrogens (tertiary/aromatic N) is 2. The van der Waals surface area contributed by atoms with Crippen molar-refractivity contribution in [2.75, 3.05) is 13.2 Å². The van der Waals surface area contributed by atoms with E-state index >= 15 is 0 Å². The van der Waals surface area contributed by atoms with Crippen LogP contribution in [-0.2, 0) is 24.2 Å². The van der Waals surface area contributed by atoms with Crippen molar-refractivity contribution in [2.24, 2.45) is 5.92 Å². The number of imidazole rings is 1. The van der Waals surface area contributed by atoms with E-state index < -0.39 is 0 Å². The van der Waals surface area contributed by atoms with E-state index in [0.717, 1.165) is 24.4 Å². The third-order valence-corrected chi connectivity index (χ3v) is 4.24. The van der Waals surface area contributed by atoms with E-state index in [1.54, 1.807) is 6.20 Å². The second-order valence-electron chi connectivity index (χ2n) is 5.93. The van der Waals surface area contributed by atoms with Crippen molar-refractivity contribution < 1.29 is 9.53 Å². The van der Waals surface area contributed by atoms with Gasteiger partial charge in [0.15, 0.2) is 0 Å². The van der Waals surface area contributed by atoms with Gasteiger partial charge in [-0.2, -0.15) is 0 Å². The molecule has 0 radical (unpaired) electrons. The van der Waals surface area contributed by atoms with E-state index in [4.69, 9.17) is 4.74 Å². The molecule has 0 fully saturated rings. The van der Waals surface area contributed by atoms with E-state index in [2.05, 4.69) is 23.3 Å². The molecular weight excluding hydrogens is 290 g/mol. The van der Waals surface area contributed by atoms with Gasteiger partial charge < -0.3 is 14.6 Å². The number of aryl methyl sites for hydroxylation is 2. The highest BCUT2D eigenvalue weighted by Crippen LogP contribution is 2.26. The van der Waals surface area contributed by atoms with E-state index in [9.17, 15) is 4.79 Å². The SMILES string of the molecule is CCc1nccn1CCC(=O)NCC1COc2ccccc2C1. The highest BCUT2D eigenvalue weighted by atomic mass is 16.5. The van der Waals surface area contributed by atoms with Gasteiger partial charge in [-0.1, -0.05) is 25.1 Å².